The monoisotopic (exact) mass is 392 g/mol. The van der Waals surface area contributed by atoms with Crippen LogP contribution in [0.1, 0.15) is 55.9 Å². The van der Waals surface area contributed by atoms with Gasteiger partial charge in [-0.25, -0.2) is 4.79 Å². The van der Waals surface area contributed by atoms with Crippen LogP contribution in [-0.4, -0.2) is 51.2 Å². The average Bonchev–Trinajstić information content (AvgIpc) is 2.98. The lowest BCUT2D eigenvalue weighted by molar-refractivity contribution is -0.143. The predicted octanol–water partition coefficient (Wildman–Crippen LogP) is 2.56. The van der Waals surface area contributed by atoms with E-state index in [1.165, 1.54) is 23.1 Å². The van der Waals surface area contributed by atoms with Crippen molar-refractivity contribution < 1.29 is 24.3 Å². The molecule has 1 N–H and O–H groups in total. The molecule has 7 heteroatoms. The smallest absolute Gasteiger partial charge is 0.326 e. The average molecular weight is 392 g/mol. The van der Waals surface area contributed by atoms with E-state index in [0.29, 0.717) is 13.0 Å². The molecule has 1 saturated heterocycles. The molecule has 2 heterocycles. The Balaban J connectivity index is 1.60. The molecule has 0 spiro atoms. The Hall–Kier alpha value is -3.48. The second kappa shape index (κ2) is 7.50. The number of benzene rings is 2. The Kier molecular flexibility index (Phi) is 4.88. The number of hydrogen-bond donors (Lipinski definition) is 1. The van der Waals surface area contributed by atoms with Crippen LogP contribution in [0.15, 0.2) is 48.5 Å². The molecule has 1 atom stereocenters. The Morgan fingerprint density at radius 3 is 2.41 bits per heavy atom. The fraction of sp³-hybridized carbons (Fsp3) is 0.273. The lowest BCUT2D eigenvalue weighted by Gasteiger charge is -2.33. The highest BCUT2D eigenvalue weighted by Crippen LogP contribution is 2.27. The summed E-state index contributed by atoms with van der Waals surface area (Å²) in [5.74, 6) is -2.30. The second-order valence-electron chi connectivity index (χ2n) is 7.29. The molecule has 2 aliphatic heterocycles. The largest absolute Gasteiger partial charge is 0.480 e. The summed E-state index contributed by atoms with van der Waals surface area (Å²) >= 11 is 0. The van der Waals surface area contributed by atoms with Crippen molar-refractivity contribution in [2.45, 2.75) is 31.8 Å². The molecular weight excluding hydrogens is 372 g/mol. The van der Waals surface area contributed by atoms with Crippen LogP contribution < -0.4 is 0 Å². The first-order chi connectivity index (χ1) is 14.0. The van der Waals surface area contributed by atoms with E-state index in [1.54, 1.807) is 0 Å². The van der Waals surface area contributed by atoms with Crippen molar-refractivity contribution in [3.63, 3.8) is 0 Å². The number of likely N-dealkylation sites (tertiary alicyclic amines) is 1. The molecule has 2 aliphatic rings. The van der Waals surface area contributed by atoms with Crippen molar-refractivity contribution in [1.82, 2.24) is 9.80 Å². The Labute approximate surface area is 167 Å². The first kappa shape index (κ1) is 18.9. The van der Waals surface area contributed by atoms with Crippen LogP contribution in [0.3, 0.4) is 0 Å². The van der Waals surface area contributed by atoms with Crippen molar-refractivity contribution >= 4 is 23.7 Å². The fourth-order valence-corrected chi connectivity index (χ4v) is 3.93. The zero-order valence-electron chi connectivity index (χ0n) is 15.7. The van der Waals surface area contributed by atoms with Gasteiger partial charge in [0, 0.05) is 12.1 Å². The van der Waals surface area contributed by atoms with Gasteiger partial charge in [0.1, 0.15) is 6.04 Å². The Bertz CT molecular complexity index is 1000. The van der Waals surface area contributed by atoms with Crippen molar-refractivity contribution in [2.24, 2.45) is 0 Å². The van der Waals surface area contributed by atoms with Gasteiger partial charge in [-0.1, -0.05) is 30.3 Å². The zero-order valence-corrected chi connectivity index (χ0v) is 15.7. The number of carbonyl (C=O) groups is 4. The number of imide groups is 1. The first-order valence-corrected chi connectivity index (χ1v) is 9.55. The number of rotatable bonds is 4. The maximum atomic E-state index is 12.9. The summed E-state index contributed by atoms with van der Waals surface area (Å²) < 4.78 is 0. The quantitative estimate of drug-likeness (QED) is 0.807. The molecular formula is C22H20N2O5. The molecule has 0 radical (unpaired) electrons. The molecule has 1 unspecified atom stereocenters. The van der Waals surface area contributed by atoms with Crippen molar-refractivity contribution in [2.75, 3.05) is 6.54 Å². The summed E-state index contributed by atoms with van der Waals surface area (Å²) in [6.45, 7) is 0.517. The summed E-state index contributed by atoms with van der Waals surface area (Å²) in [6.07, 6.45) is 1.91. The summed E-state index contributed by atoms with van der Waals surface area (Å²) in [4.78, 5) is 52.4. The normalized spacial score (nSPS) is 18.7. The second-order valence-corrected chi connectivity index (χ2v) is 7.29. The highest BCUT2D eigenvalue weighted by Gasteiger charge is 2.37. The predicted molar refractivity (Wildman–Crippen MR) is 103 cm³/mol. The van der Waals surface area contributed by atoms with E-state index in [0.717, 1.165) is 23.3 Å². The van der Waals surface area contributed by atoms with Gasteiger partial charge in [-0.3, -0.25) is 19.3 Å². The van der Waals surface area contributed by atoms with Crippen LogP contribution in [0, 0.1) is 0 Å². The number of nitrogens with zero attached hydrogens (tertiary/aromatic N) is 2. The summed E-state index contributed by atoms with van der Waals surface area (Å²) in [6, 6.07) is 12.7. The molecule has 0 saturated carbocycles. The summed E-state index contributed by atoms with van der Waals surface area (Å²) in [5.41, 5.74) is 1.49. The molecule has 4 rings (SSSR count). The minimum absolute atomic E-state index is 0.156. The lowest BCUT2D eigenvalue weighted by atomic mass is 9.99. The highest BCUT2D eigenvalue weighted by molar-refractivity contribution is 6.22. The molecule has 2 aromatic rings. The van der Waals surface area contributed by atoms with E-state index in [2.05, 4.69) is 0 Å². The van der Waals surface area contributed by atoms with E-state index < -0.39 is 29.7 Å². The fourth-order valence-electron chi connectivity index (χ4n) is 3.93. The van der Waals surface area contributed by atoms with E-state index >= 15 is 0 Å². The zero-order chi connectivity index (χ0) is 20.5. The van der Waals surface area contributed by atoms with E-state index in [-0.39, 0.29) is 23.2 Å². The topological polar surface area (TPSA) is 95.0 Å². The number of fused-ring (bicyclic) bond motifs is 1. The molecule has 7 nitrogen and oxygen atoms in total. The molecule has 0 aromatic heterocycles. The number of carbonyl (C=O) groups excluding carboxylic acids is 3. The van der Waals surface area contributed by atoms with Gasteiger partial charge in [0.2, 0.25) is 0 Å². The molecule has 1 fully saturated rings. The van der Waals surface area contributed by atoms with Gasteiger partial charge >= 0.3 is 5.97 Å². The summed E-state index contributed by atoms with van der Waals surface area (Å²) in [7, 11) is 0. The third-order valence-corrected chi connectivity index (χ3v) is 5.45. The van der Waals surface area contributed by atoms with Crippen LogP contribution in [0.5, 0.6) is 0 Å². The molecule has 0 bridgehead atoms. The maximum absolute atomic E-state index is 12.9. The van der Waals surface area contributed by atoms with Crippen LogP contribution >= 0.6 is 0 Å². The molecule has 0 aliphatic carbocycles. The Morgan fingerprint density at radius 2 is 1.69 bits per heavy atom. The number of piperidine rings is 1. The Morgan fingerprint density at radius 1 is 0.966 bits per heavy atom. The minimum atomic E-state index is -1.03. The van der Waals surface area contributed by atoms with Crippen LogP contribution in [0.2, 0.25) is 0 Å². The van der Waals surface area contributed by atoms with Gasteiger partial charge in [0.05, 0.1) is 17.7 Å². The third kappa shape index (κ3) is 3.40. The van der Waals surface area contributed by atoms with Crippen LogP contribution in [0.4, 0.5) is 0 Å². The van der Waals surface area contributed by atoms with Crippen LogP contribution in [-0.2, 0) is 11.3 Å². The van der Waals surface area contributed by atoms with Gasteiger partial charge in [-0.05, 0) is 43.0 Å². The van der Waals surface area contributed by atoms with Gasteiger partial charge < -0.3 is 10.0 Å². The molecule has 29 heavy (non-hydrogen) atoms. The van der Waals surface area contributed by atoms with E-state index in [9.17, 15) is 24.3 Å². The molecule has 2 aromatic carbocycles. The van der Waals surface area contributed by atoms with Crippen molar-refractivity contribution in [1.29, 1.82) is 0 Å². The standard InChI is InChI=1S/C22H20N2O5/c25-19(23-11-5-4-8-18(23)22(28)29)15-9-10-16-17(12-15)21(27)24(20(16)26)13-14-6-2-1-3-7-14/h1-3,6-7,9-10,12,18H,4-5,8,11,13H2,(H,28,29). The van der Waals surface area contributed by atoms with Gasteiger partial charge in [0.15, 0.2) is 0 Å². The van der Waals surface area contributed by atoms with Gasteiger partial charge in [0.25, 0.3) is 17.7 Å². The minimum Gasteiger partial charge on any atom is -0.480 e. The van der Waals surface area contributed by atoms with Gasteiger partial charge in [-0.15, -0.1) is 0 Å². The SMILES string of the molecule is O=C(O)C1CCCCN1C(=O)c1ccc2c(c1)C(=O)N(Cc1ccccc1)C2=O. The number of carboxylic acid groups (broad SMARTS) is 1. The van der Waals surface area contributed by atoms with E-state index in [1.807, 2.05) is 30.3 Å². The van der Waals surface area contributed by atoms with Crippen molar-refractivity contribution in [3.8, 4) is 0 Å². The number of hydrogen-bond acceptors (Lipinski definition) is 4. The summed E-state index contributed by atoms with van der Waals surface area (Å²) in [5, 5.41) is 9.41. The first-order valence-electron chi connectivity index (χ1n) is 9.55. The third-order valence-electron chi connectivity index (χ3n) is 5.45. The lowest BCUT2D eigenvalue weighted by Crippen LogP contribution is -2.48. The van der Waals surface area contributed by atoms with Gasteiger partial charge in [-0.2, -0.15) is 0 Å². The maximum Gasteiger partial charge on any atom is 0.326 e. The number of carboxylic acids is 1. The van der Waals surface area contributed by atoms with Crippen molar-refractivity contribution in [3.05, 3.63) is 70.8 Å². The number of aliphatic carboxylic acids is 1. The van der Waals surface area contributed by atoms with E-state index in [4.69, 9.17) is 0 Å². The molecule has 148 valence electrons. The van der Waals surface area contributed by atoms with Crippen LogP contribution in [0.25, 0.3) is 0 Å². The highest BCUT2D eigenvalue weighted by atomic mass is 16.4. The number of amides is 3. The molecule has 3 amide bonds.